The topological polar surface area (TPSA) is 76.0 Å². The lowest BCUT2D eigenvalue weighted by Gasteiger charge is -2.31. The van der Waals surface area contributed by atoms with Crippen LogP contribution in [0.4, 0.5) is 15.8 Å². The Morgan fingerprint density at radius 2 is 1.90 bits per heavy atom. The van der Waals surface area contributed by atoms with E-state index in [0.29, 0.717) is 23.6 Å². The number of nitrogens with zero attached hydrogens (tertiary/aromatic N) is 2. The van der Waals surface area contributed by atoms with Crippen LogP contribution < -0.4 is 10.6 Å². The maximum Gasteiger partial charge on any atom is 0.250 e. The molecule has 1 unspecified atom stereocenters. The Balaban J connectivity index is 1.57. The Morgan fingerprint density at radius 1 is 1.20 bits per heavy atom. The fraction of sp³-hybridized carbons (Fsp3) is 0.227. The van der Waals surface area contributed by atoms with E-state index in [-0.39, 0.29) is 11.7 Å². The lowest BCUT2D eigenvalue weighted by Crippen LogP contribution is -2.49. The molecule has 0 aliphatic carbocycles. The average molecular weight is 425 g/mol. The average Bonchev–Trinajstić information content (AvgIpc) is 2.98. The highest BCUT2D eigenvalue weighted by Gasteiger charge is 2.46. The Morgan fingerprint density at radius 3 is 2.63 bits per heavy atom. The molecule has 1 atom stereocenters. The third kappa shape index (κ3) is 3.59. The normalized spacial score (nSPS) is 17.9. The van der Waals surface area contributed by atoms with E-state index in [9.17, 15) is 14.0 Å². The molecule has 0 spiro atoms. The number of amides is 2. The number of anilines is 2. The predicted octanol–water partition coefficient (Wildman–Crippen LogP) is 4.13. The first kappa shape index (κ1) is 20.2. The molecule has 2 aromatic carbocycles. The highest BCUT2D eigenvalue weighted by molar-refractivity contribution is 8.02. The Bertz CT molecular complexity index is 1140. The van der Waals surface area contributed by atoms with Crippen molar-refractivity contribution in [1.29, 1.82) is 0 Å². The number of hydrogen-bond donors (Lipinski definition) is 2. The second-order valence-corrected chi connectivity index (χ2v) is 8.83. The summed E-state index contributed by atoms with van der Waals surface area (Å²) in [5, 5.41) is 10.2. The first-order valence-corrected chi connectivity index (χ1v) is 10.3. The summed E-state index contributed by atoms with van der Waals surface area (Å²) in [6.45, 7) is 5.72. The van der Waals surface area contributed by atoms with Crippen LogP contribution >= 0.6 is 11.8 Å². The van der Waals surface area contributed by atoms with Crippen molar-refractivity contribution < 1.29 is 14.0 Å². The second-order valence-electron chi connectivity index (χ2n) is 7.37. The molecule has 0 bridgehead atoms. The minimum absolute atomic E-state index is 0.293. The third-order valence-corrected chi connectivity index (χ3v) is 6.54. The van der Waals surface area contributed by atoms with Gasteiger partial charge < -0.3 is 10.6 Å². The van der Waals surface area contributed by atoms with E-state index in [2.05, 4.69) is 15.7 Å². The fourth-order valence-electron chi connectivity index (χ4n) is 3.34. The number of benzene rings is 2. The van der Waals surface area contributed by atoms with Crippen molar-refractivity contribution in [3.8, 4) is 0 Å². The van der Waals surface area contributed by atoms with Crippen LogP contribution in [0.15, 0.2) is 53.4 Å². The van der Waals surface area contributed by atoms with Crippen LogP contribution in [-0.4, -0.2) is 26.3 Å². The summed E-state index contributed by atoms with van der Waals surface area (Å²) >= 11 is 1.23. The molecule has 2 N–H and O–H groups in total. The number of fused-ring (bicyclic) bond motifs is 1. The van der Waals surface area contributed by atoms with Gasteiger partial charge in [-0.05, 0) is 50.6 Å². The Hall–Kier alpha value is -3.13. The SMILES string of the molecule is Cc1nn(Cc2ccc(F)cc2)c(C)c1NC(=O)C1(C)Sc2ccccc2NC1=O. The van der Waals surface area contributed by atoms with Gasteiger partial charge in [-0.1, -0.05) is 36.0 Å². The molecule has 1 aliphatic heterocycles. The molecule has 2 amide bonds. The summed E-state index contributed by atoms with van der Waals surface area (Å²) in [5.74, 6) is -1.07. The van der Waals surface area contributed by atoms with E-state index in [4.69, 9.17) is 0 Å². The minimum atomic E-state index is -1.31. The van der Waals surface area contributed by atoms with Gasteiger partial charge in [-0.15, -0.1) is 0 Å². The van der Waals surface area contributed by atoms with Crippen LogP contribution in [0, 0.1) is 19.7 Å². The van der Waals surface area contributed by atoms with Gasteiger partial charge in [0.25, 0.3) is 0 Å². The molecule has 2 heterocycles. The van der Waals surface area contributed by atoms with Crippen LogP contribution in [-0.2, 0) is 16.1 Å². The maximum atomic E-state index is 13.1. The largest absolute Gasteiger partial charge is 0.323 e. The quantitative estimate of drug-likeness (QED) is 0.618. The zero-order valence-corrected chi connectivity index (χ0v) is 17.6. The molecule has 0 radical (unpaired) electrons. The number of para-hydroxylation sites is 1. The summed E-state index contributed by atoms with van der Waals surface area (Å²) < 4.78 is 13.6. The summed E-state index contributed by atoms with van der Waals surface area (Å²) in [5.41, 5.74) is 3.59. The highest BCUT2D eigenvalue weighted by Crippen LogP contribution is 2.43. The van der Waals surface area contributed by atoms with Crippen molar-refractivity contribution in [2.24, 2.45) is 0 Å². The van der Waals surface area contributed by atoms with Crippen molar-refractivity contribution in [2.45, 2.75) is 37.0 Å². The summed E-state index contributed by atoms with van der Waals surface area (Å²) in [6, 6.07) is 13.6. The fourth-order valence-corrected chi connectivity index (χ4v) is 4.45. The van der Waals surface area contributed by atoms with Crippen LogP contribution in [0.2, 0.25) is 0 Å². The van der Waals surface area contributed by atoms with Crippen molar-refractivity contribution in [3.05, 3.63) is 71.3 Å². The van der Waals surface area contributed by atoms with E-state index in [0.717, 1.165) is 16.2 Å². The number of thioether (sulfide) groups is 1. The molecule has 0 saturated carbocycles. The van der Waals surface area contributed by atoms with E-state index in [1.807, 2.05) is 31.2 Å². The molecule has 0 fully saturated rings. The van der Waals surface area contributed by atoms with Crippen LogP contribution in [0.3, 0.4) is 0 Å². The number of rotatable bonds is 4. The standard InChI is InChI=1S/C22H21FN4O2S/c1-13-19(14(2)27(26-13)12-15-8-10-16(23)11-9-15)25-21(29)22(3)20(28)24-17-6-4-5-7-18(17)30-22/h4-11H,12H2,1-3H3,(H,24,28)(H,25,29). The number of aromatic nitrogens is 2. The van der Waals surface area contributed by atoms with E-state index < -0.39 is 10.7 Å². The zero-order chi connectivity index (χ0) is 21.5. The Kier molecular flexibility index (Phi) is 5.11. The van der Waals surface area contributed by atoms with Crippen molar-refractivity contribution in [1.82, 2.24) is 9.78 Å². The maximum absolute atomic E-state index is 13.1. The molecule has 8 heteroatoms. The molecule has 4 rings (SSSR count). The van der Waals surface area contributed by atoms with Crippen LogP contribution in [0.25, 0.3) is 0 Å². The second kappa shape index (κ2) is 7.60. The number of aryl methyl sites for hydroxylation is 1. The molecule has 0 saturated heterocycles. The minimum Gasteiger partial charge on any atom is -0.323 e. The van der Waals surface area contributed by atoms with Crippen LogP contribution in [0.5, 0.6) is 0 Å². The number of carbonyl (C=O) groups excluding carboxylic acids is 2. The molecular formula is C22H21FN4O2S. The monoisotopic (exact) mass is 424 g/mol. The zero-order valence-electron chi connectivity index (χ0n) is 16.8. The first-order chi connectivity index (χ1) is 14.3. The summed E-state index contributed by atoms with van der Waals surface area (Å²) in [6.07, 6.45) is 0. The smallest absolute Gasteiger partial charge is 0.250 e. The van der Waals surface area contributed by atoms with E-state index in [1.165, 1.54) is 23.9 Å². The molecule has 3 aromatic rings. The van der Waals surface area contributed by atoms with Gasteiger partial charge in [0.2, 0.25) is 11.8 Å². The first-order valence-electron chi connectivity index (χ1n) is 9.47. The van der Waals surface area contributed by atoms with Crippen molar-refractivity contribution in [2.75, 3.05) is 10.6 Å². The molecule has 6 nitrogen and oxygen atoms in total. The number of hydrogen-bond acceptors (Lipinski definition) is 4. The van der Waals surface area contributed by atoms with Gasteiger partial charge >= 0.3 is 0 Å². The van der Waals surface area contributed by atoms with Gasteiger partial charge in [0.05, 0.1) is 29.3 Å². The summed E-state index contributed by atoms with van der Waals surface area (Å²) in [4.78, 5) is 26.7. The molecular weight excluding hydrogens is 403 g/mol. The molecule has 30 heavy (non-hydrogen) atoms. The third-order valence-electron chi connectivity index (χ3n) is 5.18. The van der Waals surface area contributed by atoms with Gasteiger partial charge in [-0.3, -0.25) is 14.3 Å². The number of carbonyl (C=O) groups is 2. The van der Waals surface area contributed by atoms with Crippen molar-refractivity contribution >= 4 is 35.0 Å². The molecule has 1 aromatic heterocycles. The lowest BCUT2D eigenvalue weighted by molar-refractivity contribution is -0.126. The molecule has 1 aliphatic rings. The summed E-state index contributed by atoms with van der Waals surface area (Å²) in [7, 11) is 0. The lowest BCUT2D eigenvalue weighted by atomic mass is 10.1. The Labute approximate surface area is 177 Å². The van der Waals surface area contributed by atoms with Gasteiger partial charge in [0.1, 0.15) is 5.82 Å². The van der Waals surface area contributed by atoms with Gasteiger partial charge in [0.15, 0.2) is 4.75 Å². The van der Waals surface area contributed by atoms with Gasteiger partial charge in [-0.25, -0.2) is 4.39 Å². The van der Waals surface area contributed by atoms with E-state index in [1.54, 1.807) is 30.7 Å². The van der Waals surface area contributed by atoms with Crippen molar-refractivity contribution in [3.63, 3.8) is 0 Å². The predicted molar refractivity (Wildman–Crippen MR) is 115 cm³/mol. The van der Waals surface area contributed by atoms with Crippen LogP contribution in [0.1, 0.15) is 23.9 Å². The number of nitrogens with one attached hydrogen (secondary N) is 2. The van der Waals surface area contributed by atoms with Gasteiger partial charge in [-0.2, -0.15) is 5.10 Å². The number of halogens is 1. The van der Waals surface area contributed by atoms with Gasteiger partial charge in [0, 0.05) is 4.90 Å². The molecule has 154 valence electrons. The highest BCUT2D eigenvalue weighted by atomic mass is 32.2. The van der Waals surface area contributed by atoms with E-state index >= 15 is 0 Å².